The number of rotatable bonds is 6. The highest BCUT2D eigenvalue weighted by Crippen LogP contribution is 2.39. The number of nitrogens with zero attached hydrogens (tertiary/aromatic N) is 4. The van der Waals surface area contributed by atoms with Crippen molar-refractivity contribution in [3.8, 4) is 16.8 Å². The number of pyridine rings is 2. The van der Waals surface area contributed by atoms with E-state index in [-0.39, 0.29) is 12.1 Å². The van der Waals surface area contributed by atoms with Crippen molar-refractivity contribution in [1.29, 1.82) is 5.41 Å². The Labute approximate surface area is 217 Å². The van der Waals surface area contributed by atoms with Gasteiger partial charge in [0.1, 0.15) is 11.5 Å². The molecule has 14 heteroatoms. The second-order valence-electron chi connectivity index (χ2n) is 8.52. The number of ether oxygens (including phenoxy) is 1. The molecule has 5 rings (SSSR count). The van der Waals surface area contributed by atoms with Gasteiger partial charge in [-0.3, -0.25) is 10.4 Å². The van der Waals surface area contributed by atoms with Crippen LogP contribution in [0.25, 0.3) is 38.8 Å². The summed E-state index contributed by atoms with van der Waals surface area (Å²) in [5, 5.41) is 15.4. The van der Waals surface area contributed by atoms with Crippen molar-refractivity contribution < 1.29 is 27.1 Å². The van der Waals surface area contributed by atoms with Crippen LogP contribution < -0.4 is 11.1 Å². The first-order chi connectivity index (χ1) is 18.5. The van der Waals surface area contributed by atoms with Crippen LogP contribution in [-0.4, -0.2) is 43.3 Å². The number of nitrogens with one attached hydrogen (secondary N) is 3. The maximum atomic E-state index is 14.7. The van der Waals surface area contributed by atoms with Crippen molar-refractivity contribution >= 4 is 39.6 Å². The van der Waals surface area contributed by atoms with Gasteiger partial charge in [0.25, 0.3) is 0 Å². The van der Waals surface area contributed by atoms with Crippen LogP contribution in [0.4, 0.5) is 28.0 Å². The maximum absolute atomic E-state index is 14.7. The van der Waals surface area contributed by atoms with Crippen molar-refractivity contribution in [2.45, 2.75) is 19.5 Å². The van der Waals surface area contributed by atoms with Crippen molar-refractivity contribution in [3.05, 3.63) is 66.1 Å². The topological polar surface area (TPSA) is 148 Å². The van der Waals surface area contributed by atoms with E-state index in [9.17, 15) is 22.4 Å². The van der Waals surface area contributed by atoms with E-state index in [2.05, 4.69) is 30.1 Å². The number of fused-ring (bicyclic) bond motifs is 3. The number of nitrogens with two attached hydrogens (primary N) is 1. The van der Waals surface area contributed by atoms with Gasteiger partial charge in [0.15, 0.2) is 11.6 Å². The fourth-order valence-electron chi connectivity index (χ4n) is 4.36. The highest BCUT2D eigenvalue weighted by molar-refractivity contribution is 6.15. The number of primary amides is 1. The van der Waals surface area contributed by atoms with Crippen LogP contribution in [0.15, 0.2) is 49.1 Å². The molecule has 0 spiro atoms. The molecule has 0 saturated carbocycles. The molecule has 0 aliphatic rings. The number of carbonyl (C=O) groups is 1. The third-order valence-corrected chi connectivity index (χ3v) is 5.84. The Kier molecular flexibility index (Phi) is 6.38. The van der Waals surface area contributed by atoms with Gasteiger partial charge in [-0.05, 0) is 36.8 Å². The number of aromatic amines is 1. The van der Waals surface area contributed by atoms with Gasteiger partial charge in [-0.2, -0.15) is 18.3 Å². The standard InChI is InChI=1S/C25H20F4N8O2/c1-2-33-17-8-14(26)7-15-20-22(37-4-3-18(36-37)25(27,28)29)16(11-34-23(20)35-21(15)17)13-5-12(9-32-10-13)6-19(30)39-24(31)38/h3-5,7-11,30,33H,2,6H2,1H3,(H2,31,38)(H,34,35). The Bertz CT molecular complexity index is 1740. The zero-order chi connectivity index (χ0) is 27.9. The average molecular weight is 540 g/mol. The highest BCUT2D eigenvalue weighted by atomic mass is 19.4. The Morgan fingerprint density at radius 2 is 2.03 bits per heavy atom. The van der Waals surface area contributed by atoms with E-state index in [4.69, 9.17) is 11.1 Å². The Balaban J connectivity index is 1.77. The summed E-state index contributed by atoms with van der Waals surface area (Å²) in [6.45, 7) is 2.35. The number of aromatic nitrogens is 5. The molecule has 0 aliphatic carbocycles. The number of benzene rings is 1. The van der Waals surface area contributed by atoms with E-state index < -0.39 is 29.7 Å². The quantitative estimate of drug-likeness (QED) is 0.133. The number of anilines is 1. The summed E-state index contributed by atoms with van der Waals surface area (Å²) < 4.78 is 60.8. The Morgan fingerprint density at radius 1 is 1.23 bits per heavy atom. The molecule has 0 atom stereocenters. The van der Waals surface area contributed by atoms with E-state index >= 15 is 0 Å². The van der Waals surface area contributed by atoms with Gasteiger partial charge in [0.2, 0.25) is 0 Å². The number of hydrogen-bond acceptors (Lipinski definition) is 7. The summed E-state index contributed by atoms with van der Waals surface area (Å²) in [6, 6.07) is 5.04. The highest BCUT2D eigenvalue weighted by Gasteiger charge is 2.34. The fourth-order valence-corrected chi connectivity index (χ4v) is 4.36. The number of halogens is 4. The number of hydrogen-bond donors (Lipinski definition) is 4. The molecule has 5 aromatic rings. The van der Waals surface area contributed by atoms with Gasteiger partial charge >= 0.3 is 12.3 Å². The minimum absolute atomic E-state index is 0.126. The lowest BCUT2D eigenvalue weighted by Gasteiger charge is -2.13. The molecule has 39 heavy (non-hydrogen) atoms. The van der Waals surface area contributed by atoms with Gasteiger partial charge < -0.3 is 20.8 Å². The zero-order valence-electron chi connectivity index (χ0n) is 20.2. The van der Waals surface area contributed by atoms with E-state index in [1.54, 1.807) is 6.07 Å². The first-order valence-corrected chi connectivity index (χ1v) is 11.5. The first-order valence-electron chi connectivity index (χ1n) is 11.5. The van der Waals surface area contributed by atoms with Crippen LogP contribution in [0, 0.1) is 11.2 Å². The predicted molar refractivity (Wildman–Crippen MR) is 135 cm³/mol. The average Bonchev–Trinajstić information content (AvgIpc) is 3.49. The van der Waals surface area contributed by atoms with E-state index in [1.165, 1.54) is 30.7 Å². The molecule has 0 radical (unpaired) electrons. The summed E-state index contributed by atoms with van der Waals surface area (Å²) in [6.07, 6.45) is -0.447. The Morgan fingerprint density at radius 3 is 2.72 bits per heavy atom. The van der Waals surface area contributed by atoms with Crippen molar-refractivity contribution in [1.82, 2.24) is 24.7 Å². The molecule has 4 heterocycles. The molecular formula is C25H20F4N8O2. The van der Waals surface area contributed by atoms with Crippen LogP contribution in [0.2, 0.25) is 0 Å². The van der Waals surface area contributed by atoms with Crippen molar-refractivity contribution in [2.24, 2.45) is 5.73 Å². The molecule has 1 amide bonds. The lowest BCUT2D eigenvalue weighted by molar-refractivity contribution is -0.141. The fraction of sp³-hybridized carbons (Fsp3) is 0.160. The molecule has 0 bridgehead atoms. The second-order valence-corrected chi connectivity index (χ2v) is 8.52. The Hall–Kier alpha value is -5.01. The van der Waals surface area contributed by atoms with Gasteiger partial charge in [-0.1, -0.05) is 0 Å². The van der Waals surface area contributed by atoms with Crippen LogP contribution in [-0.2, 0) is 17.3 Å². The summed E-state index contributed by atoms with van der Waals surface area (Å²) in [7, 11) is 0. The molecule has 4 aromatic heterocycles. The third-order valence-electron chi connectivity index (χ3n) is 5.84. The predicted octanol–water partition coefficient (Wildman–Crippen LogP) is 5.17. The lowest BCUT2D eigenvalue weighted by atomic mass is 10.0. The molecule has 200 valence electrons. The largest absolute Gasteiger partial charge is 0.435 e. The van der Waals surface area contributed by atoms with Gasteiger partial charge in [-0.15, -0.1) is 0 Å². The van der Waals surface area contributed by atoms with Gasteiger partial charge in [0.05, 0.1) is 28.7 Å². The molecule has 0 fully saturated rings. The maximum Gasteiger partial charge on any atom is 0.435 e. The smallest absolute Gasteiger partial charge is 0.396 e. The van der Waals surface area contributed by atoms with Crippen LogP contribution in [0.1, 0.15) is 18.2 Å². The van der Waals surface area contributed by atoms with Crippen LogP contribution in [0.3, 0.4) is 0 Å². The number of H-pyrrole nitrogens is 1. The molecule has 1 aromatic carbocycles. The van der Waals surface area contributed by atoms with Gasteiger partial charge in [-0.25, -0.2) is 18.9 Å². The molecule has 0 unspecified atom stereocenters. The summed E-state index contributed by atoms with van der Waals surface area (Å²) in [5.74, 6) is -0.969. The summed E-state index contributed by atoms with van der Waals surface area (Å²) in [4.78, 5) is 22.7. The summed E-state index contributed by atoms with van der Waals surface area (Å²) >= 11 is 0. The molecule has 5 N–H and O–H groups in total. The normalized spacial score (nSPS) is 11.7. The van der Waals surface area contributed by atoms with E-state index in [1.807, 2.05) is 6.92 Å². The number of amides is 1. The van der Waals surface area contributed by atoms with Crippen molar-refractivity contribution in [3.63, 3.8) is 0 Å². The number of alkyl halides is 3. The third kappa shape index (κ3) is 4.95. The second kappa shape index (κ2) is 9.70. The zero-order valence-corrected chi connectivity index (χ0v) is 20.2. The van der Waals surface area contributed by atoms with E-state index in [0.717, 1.165) is 16.9 Å². The SMILES string of the molecule is CCNc1cc(F)cc2c1[nH]c1ncc(-c3cncc(CC(=N)OC(N)=O)c3)c(-n3ccc(C(F)(F)F)n3)c12. The molecule has 0 saturated heterocycles. The lowest BCUT2D eigenvalue weighted by Crippen LogP contribution is -2.19. The molecular weight excluding hydrogens is 520 g/mol. The molecule has 0 aliphatic heterocycles. The summed E-state index contributed by atoms with van der Waals surface area (Å²) in [5.41, 5.74) is 6.57. The van der Waals surface area contributed by atoms with Crippen LogP contribution >= 0.6 is 0 Å². The first kappa shape index (κ1) is 25.6. The minimum Gasteiger partial charge on any atom is -0.396 e. The minimum atomic E-state index is -4.69. The van der Waals surface area contributed by atoms with Gasteiger partial charge in [0, 0.05) is 47.8 Å². The number of carbonyl (C=O) groups excluding carboxylic acids is 1. The van der Waals surface area contributed by atoms with E-state index in [0.29, 0.717) is 50.9 Å². The molecule has 10 nitrogen and oxygen atoms in total. The van der Waals surface area contributed by atoms with Crippen molar-refractivity contribution in [2.75, 3.05) is 11.9 Å². The monoisotopic (exact) mass is 540 g/mol. The van der Waals surface area contributed by atoms with Crippen LogP contribution in [0.5, 0.6) is 0 Å².